The largest absolute Gasteiger partial charge is 0.261 e. The maximum Gasteiger partial charge on any atom is 0.0589 e. The van der Waals surface area contributed by atoms with E-state index in [2.05, 4.69) is 23.8 Å². The van der Waals surface area contributed by atoms with Gasteiger partial charge in [0.05, 0.1) is 5.69 Å². The summed E-state index contributed by atoms with van der Waals surface area (Å²) in [6.45, 7) is 8.35. The van der Waals surface area contributed by atoms with Gasteiger partial charge in [-0.25, -0.2) is 0 Å². The van der Waals surface area contributed by atoms with Gasteiger partial charge >= 0.3 is 0 Å². The highest BCUT2D eigenvalue weighted by Crippen LogP contribution is 2.01. The molecule has 0 fully saturated rings. The standard InChI is InChI=1S/C8H12N2.C2H6/c1-7(2)5-8-6-9-3-4-10-8;1-2/h3-4,6-7H,5H2,1-2H3;1-2H3. The van der Waals surface area contributed by atoms with Crippen LogP contribution < -0.4 is 0 Å². The number of aromatic nitrogens is 2. The Kier molecular flexibility index (Phi) is 6.25. The number of hydrogen-bond acceptors (Lipinski definition) is 2. The Morgan fingerprint density at radius 2 is 1.92 bits per heavy atom. The molecular formula is C10H18N2. The third-order valence-electron chi connectivity index (χ3n) is 1.23. The molecule has 0 aliphatic heterocycles. The first-order chi connectivity index (χ1) is 5.79. The molecule has 0 saturated carbocycles. The van der Waals surface area contributed by atoms with Crippen molar-refractivity contribution in [1.29, 1.82) is 0 Å². The molecule has 0 aromatic carbocycles. The van der Waals surface area contributed by atoms with Crippen molar-refractivity contribution in [2.24, 2.45) is 5.92 Å². The zero-order chi connectivity index (χ0) is 9.40. The van der Waals surface area contributed by atoms with E-state index in [0.717, 1.165) is 12.1 Å². The minimum atomic E-state index is 0.664. The fourth-order valence-corrected chi connectivity index (χ4v) is 0.854. The topological polar surface area (TPSA) is 25.8 Å². The quantitative estimate of drug-likeness (QED) is 0.675. The van der Waals surface area contributed by atoms with Crippen LogP contribution in [0.3, 0.4) is 0 Å². The summed E-state index contributed by atoms with van der Waals surface area (Å²) < 4.78 is 0. The van der Waals surface area contributed by atoms with Crippen LogP contribution in [0.5, 0.6) is 0 Å². The highest BCUT2D eigenvalue weighted by molar-refractivity contribution is 4.94. The van der Waals surface area contributed by atoms with Gasteiger partial charge in [-0.05, 0) is 12.3 Å². The summed E-state index contributed by atoms with van der Waals surface area (Å²) in [6, 6.07) is 0. The molecule has 0 atom stereocenters. The molecule has 1 heterocycles. The molecule has 0 N–H and O–H groups in total. The van der Waals surface area contributed by atoms with Crippen LogP contribution in [0.1, 0.15) is 33.4 Å². The Labute approximate surface area is 75.1 Å². The summed E-state index contributed by atoms with van der Waals surface area (Å²) in [6.07, 6.45) is 6.27. The number of nitrogens with zero attached hydrogens (tertiary/aromatic N) is 2. The van der Waals surface area contributed by atoms with Crippen molar-refractivity contribution in [3.8, 4) is 0 Å². The second-order valence-corrected chi connectivity index (χ2v) is 2.79. The summed E-state index contributed by atoms with van der Waals surface area (Å²) in [5.74, 6) is 0.664. The van der Waals surface area contributed by atoms with Crippen LogP contribution >= 0.6 is 0 Å². The van der Waals surface area contributed by atoms with Gasteiger partial charge in [-0.15, -0.1) is 0 Å². The first kappa shape index (κ1) is 11.1. The molecule has 0 unspecified atom stereocenters. The molecule has 1 rings (SSSR count). The van der Waals surface area contributed by atoms with Gasteiger partial charge in [0.1, 0.15) is 0 Å². The molecular weight excluding hydrogens is 148 g/mol. The molecule has 0 aliphatic carbocycles. The van der Waals surface area contributed by atoms with Crippen molar-refractivity contribution in [3.05, 3.63) is 24.3 Å². The first-order valence-electron chi connectivity index (χ1n) is 4.54. The minimum Gasteiger partial charge on any atom is -0.261 e. The van der Waals surface area contributed by atoms with E-state index in [1.807, 2.05) is 20.0 Å². The van der Waals surface area contributed by atoms with Gasteiger partial charge < -0.3 is 0 Å². The van der Waals surface area contributed by atoms with E-state index in [1.54, 1.807) is 12.4 Å². The van der Waals surface area contributed by atoms with Gasteiger partial charge in [0, 0.05) is 18.6 Å². The lowest BCUT2D eigenvalue weighted by atomic mass is 10.1. The van der Waals surface area contributed by atoms with E-state index in [0.29, 0.717) is 5.92 Å². The summed E-state index contributed by atoms with van der Waals surface area (Å²) in [4.78, 5) is 8.13. The third kappa shape index (κ3) is 4.83. The molecule has 0 spiro atoms. The fourth-order valence-electron chi connectivity index (χ4n) is 0.854. The Morgan fingerprint density at radius 3 is 2.33 bits per heavy atom. The molecule has 0 aliphatic rings. The molecule has 12 heavy (non-hydrogen) atoms. The maximum absolute atomic E-state index is 4.16. The van der Waals surface area contributed by atoms with Gasteiger partial charge in [0.25, 0.3) is 0 Å². The molecule has 2 heteroatoms. The maximum atomic E-state index is 4.16. The SMILES string of the molecule is CC.CC(C)Cc1cnccn1. The van der Waals surface area contributed by atoms with E-state index < -0.39 is 0 Å². The number of rotatable bonds is 2. The second-order valence-electron chi connectivity index (χ2n) is 2.79. The Hall–Kier alpha value is -0.920. The highest BCUT2D eigenvalue weighted by atomic mass is 14.8. The van der Waals surface area contributed by atoms with E-state index in [1.165, 1.54) is 0 Å². The van der Waals surface area contributed by atoms with Crippen LogP contribution in [-0.4, -0.2) is 9.97 Å². The van der Waals surface area contributed by atoms with Gasteiger partial charge in [-0.2, -0.15) is 0 Å². The molecule has 0 radical (unpaired) electrons. The zero-order valence-electron chi connectivity index (χ0n) is 8.41. The van der Waals surface area contributed by atoms with Crippen LogP contribution in [0.2, 0.25) is 0 Å². The summed E-state index contributed by atoms with van der Waals surface area (Å²) in [5.41, 5.74) is 1.08. The molecule has 68 valence electrons. The van der Waals surface area contributed by atoms with Crippen molar-refractivity contribution >= 4 is 0 Å². The Bertz CT molecular complexity index is 182. The van der Waals surface area contributed by atoms with Crippen LogP contribution in [0.25, 0.3) is 0 Å². The van der Waals surface area contributed by atoms with Gasteiger partial charge in [0.15, 0.2) is 0 Å². The van der Waals surface area contributed by atoms with Crippen LogP contribution in [0.4, 0.5) is 0 Å². The molecule has 1 aromatic rings. The van der Waals surface area contributed by atoms with Gasteiger partial charge in [0.2, 0.25) is 0 Å². The van der Waals surface area contributed by atoms with E-state index >= 15 is 0 Å². The third-order valence-corrected chi connectivity index (χ3v) is 1.23. The average molecular weight is 166 g/mol. The fraction of sp³-hybridized carbons (Fsp3) is 0.600. The van der Waals surface area contributed by atoms with Crippen molar-refractivity contribution in [2.75, 3.05) is 0 Å². The smallest absolute Gasteiger partial charge is 0.0589 e. The summed E-state index contributed by atoms with van der Waals surface area (Å²) in [5, 5.41) is 0. The second kappa shape index (κ2) is 6.77. The van der Waals surface area contributed by atoms with Crippen molar-refractivity contribution in [3.63, 3.8) is 0 Å². The number of hydrogen-bond donors (Lipinski definition) is 0. The van der Waals surface area contributed by atoms with Crippen molar-refractivity contribution in [1.82, 2.24) is 9.97 Å². The molecule has 1 aromatic heterocycles. The molecule has 0 bridgehead atoms. The Morgan fingerprint density at radius 1 is 1.25 bits per heavy atom. The normalized spacial score (nSPS) is 9.08. The van der Waals surface area contributed by atoms with Crippen LogP contribution in [-0.2, 0) is 6.42 Å². The molecule has 0 amide bonds. The Balaban J connectivity index is 0.000000561. The zero-order valence-corrected chi connectivity index (χ0v) is 8.41. The van der Waals surface area contributed by atoms with E-state index in [4.69, 9.17) is 0 Å². The summed E-state index contributed by atoms with van der Waals surface area (Å²) in [7, 11) is 0. The van der Waals surface area contributed by atoms with Gasteiger partial charge in [-0.1, -0.05) is 27.7 Å². The van der Waals surface area contributed by atoms with E-state index in [-0.39, 0.29) is 0 Å². The van der Waals surface area contributed by atoms with Gasteiger partial charge in [-0.3, -0.25) is 9.97 Å². The van der Waals surface area contributed by atoms with Crippen molar-refractivity contribution < 1.29 is 0 Å². The predicted molar refractivity (Wildman–Crippen MR) is 51.9 cm³/mol. The lowest BCUT2D eigenvalue weighted by molar-refractivity contribution is 0.633. The lowest BCUT2D eigenvalue weighted by Crippen LogP contribution is -1.96. The summed E-state index contributed by atoms with van der Waals surface area (Å²) >= 11 is 0. The van der Waals surface area contributed by atoms with E-state index in [9.17, 15) is 0 Å². The average Bonchev–Trinajstić information content (AvgIpc) is 2.08. The monoisotopic (exact) mass is 166 g/mol. The van der Waals surface area contributed by atoms with Crippen LogP contribution in [0, 0.1) is 5.92 Å². The molecule has 0 saturated heterocycles. The first-order valence-corrected chi connectivity index (χ1v) is 4.54. The molecule has 2 nitrogen and oxygen atoms in total. The van der Waals surface area contributed by atoms with Crippen LogP contribution in [0.15, 0.2) is 18.6 Å². The highest BCUT2D eigenvalue weighted by Gasteiger charge is 1.96. The predicted octanol–water partition coefficient (Wildman–Crippen LogP) is 2.70. The minimum absolute atomic E-state index is 0.664. The van der Waals surface area contributed by atoms with Crippen molar-refractivity contribution in [2.45, 2.75) is 34.1 Å². The lowest BCUT2D eigenvalue weighted by Gasteiger charge is -2.00.